The Hall–Kier alpha value is -2.66. The number of nitrogens with one attached hydrogen (secondary N) is 1. The highest BCUT2D eigenvalue weighted by molar-refractivity contribution is 6.36. The highest BCUT2D eigenvalue weighted by Gasteiger charge is 2.36. The Morgan fingerprint density at radius 3 is 2.14 bits per heavy atom. The van der Waals surface area contributed by atoms with E-state index in [0.717, 1.165) is 4.90 Å². The first kappa shape index (κ1) is 14.3. The Morgan fingerprint density at radius 1 is 1.05 bits per heavy atom. The topological polar surface area (TPSA) is 66.5 Å². The number of halogens is 1. The zero-order chi connectivity index (χ0) is 15.9. The molecule has 1 N–H and O–H groups in total. The molecule has 22 heavy (non-hydrogen) atoms. The summed E-state index contributed by atoms with van der Waals surface area (Å²) in [4.78, 5) is 37.4. The SMILES string of the molecule is CNC(=O)c1ccc(N2C(=O)c3ccccc3C2=O)cc1Cl. The van der Waals surface area contributed by atoms with E-state index in [1.807, 2.05) is 0 Å². The first-order chi connectivity index (χ1) is 10.5. The molecule has 0 saturated heterocycles. The van der Waals surface area contributed by atoms with E-state index in [9.17, 15) is 14.4 Å². The number of hydrogen-bond donors (Lipinski definition) is 1. The van der Waals surface area contributed by atoms with Crippen molar-refractivity contribution in [3.05, 3.63) is 64.2 Å². The Morgan fingerprint density at radius 2 is 1.64 bits per heavy atom. The highest BCUT2D eigenvalue weighted by Crippen LogP contribution is 2.31. The van der Waals surface area contributed by atoms with Gasteiger partial charge in [0.25, 0.3) is 17.7 Å². The summed E-state index contributed by atoms with van der Waals surface area (Å²) < 4.78 is 0. The summed E-state index contributed by atoms with van der Waals surface area (Å²) in [6.07, 6.45) is 0. The number of imide groups is 1. The van der Waals surface area contributed by atoms with Gasteiger partial charge >= 0.3 is 0 Å². The maximum atomic E-state index is 12.4. The monoisotopic (exact) mass is 314 g/mol. The number of nitrogens with zero attached hydrogens (tertiary/aromatic N) is 1. The lowest BCUT2D eigenvalue weighted by molar-refractivity contribution is 0.0924. The molecule has 6 heteroatoms. The van der Waals surface area contributed by atoms with Crippen LogP contribution in [0.2, 0.25) is 5.02 Å². The number of anilines is 1. The van der Waals surface area contributed by atoms with Gasteiger partial charge < -0.3 is 5.32 Å². The lowest BCUT2D eigenvalue weighted by atomic mass is 10.1. The molecule has 3 rings (SSSR count). The predicted molar refractivity (Wildman–Crippen MR) is 82.4 cm³/mol. The first-order valence-corrected chi connectivity index (χ1v) is 6.92. The molecule has 0 unspecified atom stereocenters. The van der Waals surface area contributed by atoms with E-state index in [1.165, 1.54) is 25.2 Å². The van der Waals surface area contributed by atoms with Crippen molar-refractivity contribution in [3.63, 3.8) is 0 Å². The van der Waals surface area contributed by atoms with Crippen LogP contribution in [0.5, 0.6) is 0 Å². The van der Waals surface area contributed by atoms with Crippen LogP contribution in [0.25, 0.3) is 0 Å². The van der Waals surface area contributed by atoms with Crippen LogP contribution in [-0.4, -0.2) is 24.8 Å². The van der Waals surface area contributed by atoms with Gasteiger partial charge in [0.1, 0.15) is 0 Å². The summed E-state index contributed by atoms with van der Waals surface area (Å²) in [5.41, 5.74) is 1.34. The third kappa shape index (κ3) is 2.07. The molecular weight excluding hydrogens is 304 g/mol. The zero-order valence-corrected chi connectivity index (χ0v) is 12.3. The van der Waals surface area contributed by atoms with Gasteiger partial charge in [-0.3, -0.25) is 14.4 Å². The highest BCUT2D eigenvalue weighted by atomic mass is 35.5. The standard InChI is InChI=1S/C16H11ClN2O3/c1-18-14(20)12-7-6-9(8-13(12)17)19-15(21)10-4-2-3-5-11(10)16(19)22/h2-8H,1H3,(H,18,20). The summed E-state index contributed by atoms with van der Waals surface area (Å²) in [7, 11) is 1.50. The number of benzene rings is 2. The van der Waals surface area contributed by atoms with E-state index in [4.69, 9.17) is 11.6 Å². The number of carbonyl (C=O) groups is 3. The molecule has 2 aromatic rings. The molecule has 1 aliphatic heterocycles. The fourth-order valence-corrected chi connectivity index (χ4v) is 2.65. The number of rotatable bonds is 2. The molecule has 0 aromatic heterocycles. The van der Waals surface area contributed by atoms with Gasteiger partial charge in [-0.25, -0.2) is 4.90 Å². The fraction of sp³-hybridized carbons (Fsp3) is 0.0625. The fourth-order valence-electron chi connectivity index (χ4n) is 2.39. The average molecular weight is 315 g/mol. The molecule has 2 aromatic carbocycles. The smallest absolute Gasteiger partial charge is 0.266 e. The lowest BCUT2D eigenvalue weighted by Crippen LogP contribution is -2.29. The quantitative estimate of drug-likeness (QED) is 0.866. The molecule has 0 aliphatic carbocycles. The third-order valence-electron chi connectivity index (χ3n) is 3.48. The minimum absolute atomic E-state index is 0.174. The number of carbonyl (C=O) groups excluding carboxylic acids is 3. The van der Waals surface area contributed by atoms with Crippen LogP contribution < -0.4 is 10.2 Å². The van der Waals surface area contributed by atoms with Gasteiger partial charge in [-0.05, 0) is 30.3 Å². The second-order valence-electron chi connectivity index (χ2n) is 4.73. The second-order valence-corrected chi connectivity index (χ2v) is 5.14. The van der Waals surface area contributed by atoms with Crippen molar-refractivity contribution in [2.24, 2.45) is 0 Å². The molecule has 0 spiro atoms. The summed E-state index contributed by atoms with van der Waals surface area (Å²) in [5, 5.41) is 2.65. The Balaban J connectivity index is 2.03. The molecule has 1 heterocycles. The molecule has 3 amide bonds. The summed E-state index contributed by atoms with van der Waals surface area (Å²) in [6.45, 7) is 0. The van der Waals surface area contributed by atoms with Crippen LogP contribution in [0.3, 0.4) is 0 Å². The van der Waals surface area contributed by atoms with E-state index in [-0.39, 0.29) is 16.5 Å². The summed E-state index contributed by atoms with van der Waals surface area (Å²) in [6, 6.07) is 11.1. The Kier molecular flexibility index (Phi) is 3.42. The molecule has 110 valence electrons. The van der Waals surface area contributed by atoms with Crippen molar-refractivity contribution in [1.29, 1.82) is 0 Å². The van der Waals surface area contributed by atoms with Gasteiger partial charge in [0.2, 0.25) is 0 Å². The van der Waals surface area contributed by atoms with Crippen LogP contribution in [0, 0.1) is 0 Å². The third-order valence-corrected chi connectivity index (χ3v) is 3.79. The van der Waals surface area contributed by atoms with Crippen LogP contribution in [-0.2, 0) is 0 Å². The van der Waals surface area contributed by atoms with Crippen LogP contribution >= 0.6 is 11.6 Å². The molecule has 1 aliphatic rings. The van der Waals surface area contributed by atoms with Crippen LogP contribution in [0.15, 0.2) is 42.5 Å². The van der Waals surface area contributed by atoms with Crippen molar-refractivity contribution in [3.8, 4) is 0 Å². The minimum Gasteiger partial charge on any atom is -0.355 e. The summed E-state index contributed by atoms with van der Waals surface area (Å²) in [5.74, 6) is -1.13. The van der Waals surface area contributed by atoms with E-state index in [2.05, 4.69) is 5.32 Å². The average Bonchev–Trinajstić information content (AvgIpc) is 2.78. The number of fused-ring (bicyclic) bond motifs is 1. The molecule has 0 fully saturated rings. The van der Waals surface area contributed by atoms with Crippen LogP contribution in [0.4, 0.5) is 5.69 Å². The van der Waals surface area contributed by atoms with Crippen molar-refractivity contribution >= 4 is 35.0 Å². The molecule has 0 radical (unpaired) electrons. The summed E-state index contributed by atoms with van der Waals surface area (Å²) >= 11 is 6.08. The van der Waals surface area contributed by atoms with Gasteiger partial charge in [-0.2, -0.15) is 0 Å². The van der Waals surface area contributed by atoms with Crippen molar-refractivity contribution in [1.82, 2.24) is 5.32 Å². The van der Waals surface area contributed by atoms with E-state index >= 15 is 0 Å². The normalized spacial score (nSPS) is 13.3. The van der Waals surface area contributed by atoms with Crippen molar-refractivity contribution < 1.29 is 14.4 Å². The van der Waals surface area contributed by atoms with Crippen molar-refractivity contribution in [2.45, 2.75) is 0 Å². The minimum atomic E-state index is -0.399. The van der Waals surface area contributed by atoms with Gasteiger partial charge in [0, 0.05) is 7.05 Å². The van der Waals surface area contributed by atoms with Gasteiger partial charge in [-0.15, -0.1) is 0 Å². The Bertz CT molecular complexity index is 782. The Labute approximate surface area is 131 Å². The predicted octanol–water partition coefficient (Wildman–Crippen LogP) is 2.50. The zero-order valence-electron chi connectivity index (χ0n) is 11.6. The second kappa shape index (κ2) is 5.27. The molecular formula is C16H11ClN2O3. The van der Waals surface area contributed by atoms with Gasteiger partial charge in [-0.1, -0.05) is 23.7 Å². The number of amides is 3. The van der Waals surface area contributed by atoms with E-state index in [1.54, 1.807) is 24.3 Å². The van der Waals surface area contributed by atoms with Crippen molar-refractivity contribution in [2.75, 3.05) is 11.9 Å². The number of hydrogen-bond acceptors (Lipinski definition) is 3. The largest absolute Gasteiger partial charge is 0.355 e. The molecule has 0 saturated carbocycles. The van der Waals surface area contributed by atoms with E-state index < -0.39 is 11.8 Å². The van der Waals surface area contributed by atoms with Gasteiger partial charge in [0.15, 0.2) is 0 Å². The van der Waals surface area contributed by atoms with Gasteiger partial charge in [0.05, 0.1) is 27.4 Å². The first-order valence-electron chi connectivity index (χ1n) is 6.54. The molecule has 0 atom stereocenters. The molecule has 0 bridgehead atoms. The maximum Gasteiger partial charge on any atom is 0.266 e. The maximum absolute atomic E-state index is 12.4. The van der Waals surface area contributed by atoms with Crippen LogP contribution in [0.1, 0.15) is 31.1 Å². The van der Waals surface area contributed by atoms with E-state index in [0.29, 0.717) is 16.8 Å². The lowest BCUT2D eigenvalue weighted by Gasteiger charge is -2.15. The molecule has 5 nitrogen and oxygen atoms in total.